The normalized spacial score (nSPS) is 19.3. The summed E-state index contributed by atoms with van der Waals surface area (Å²) in [6.07, 6.45) is 8.96. The van der Waals surface area contributed by atoms with Crippen molar-refractivity contribution in [3.63, 3.8) is 0 Å². The van der Waals surface area contributed by atoms with Gasteiger partial charge in [-0.05, 0) is 43.0 Å². The van der Waals surface area contributed by atoms with Gasteiger partial charge in [0.2, 0.25) is 0 Å². The largest absolute Gasteiger partial charge is 0.314 e. The molecule has 1 N–H and O–H groups in total. The van der Waals surface area contributed by atoms with E-state index in [4.69, 9.17) is 0 Å². The fourth-order valence-electron chi connectivity index (χ4n) is 2.84. The molecule has 2 aromatic rings. The molecule has 1 aromatic heterocycles. The maximum absolute atomic E-state index is 4.29. The molecule has 0 radical (unpaired) electrons. The van der Waals surface area contributed by atoms with Gasteiger partial charge in [0.25, 0.3) is 0 Å². The molecule has 2 heteroatoms. The predicted molar refractivity (Wildman–Crippen MR) is 79.0 cm³/mol. The summed E-state index contributed by atoms with van der Waals surface area (Å²) < 4.78 is 0. The van der Waals surface area contributed by atoms with Crippen molar-refractivity contribution >= 4 is 0 Å². The van der Waals surface area contributed by atoms with Gasteiger partial charge in [0, 0.05) is 24.0 Å². The molecule has 2 nitrogen and oxygen atoms in total. The van der Waals surface area contributed by atoms with Crippen LogP contribution in [0.3, 0.4) is 0 Å². The summed E-state index contributed by atoms with van der Waals surface area (Å²) in [4.78, 5) is 4.29. The second-order valence-electron chi connectivity index (χ2n) is 5.25. The minimum absolute atomic E-state index is 0.624. The van der Waals surface area contributed by atoms with E-state index in [-0.39, 0.29) is 0 Å². The van der Waals surface area contributed by atoms with Crippen molar-refractivity contribution in [3.8, 4) is 11.1 Å². The summed E-state index contributed by atoms with van der Waals surface area (Å²) in [6, 6.07) is 13.3. The molecule has 0 saturated carbocycles. The van der Waals surface area contributed by atoms with Crippen LogP contribution in [0.25, 0.3) is 11.1 Å². The molecule has 1 unspecified atom stereocenters. The predicted octanol–water partition coefficient (Wildman–Crippen LogP) is 3.43. The van der Waals surface area contributed by atoms with Crippen LogP contribution in [0.5, 0.6) is 0 Å². The summed E-state index contributed by atoms with van der Waals surface area (Å²) in [6.45, 7) is 1.16. The highest BCUT2D eigenvalue weighted by Gasteiger charge is 2.15. The number of hydrogen-bond acceptors (Lipinski definition) is 2. The highest BCUT2D eigenvalue weighted by Crippen LogP contribution is 2.24. The Kier molecular flexibility index (Phi) is 3.89. The van der Waals surface area contributed by atoms with Gasteiger partial charge in [0.1, 0.15) is 0 Å². The van der Waals surface area contributed by atoms with E-state index in [2.05, 4.69) is 46.7 Å². The number of piperidine rings is 1. The lowest BCUT2D eigenvalue weighted by Gasteiger charge is -2.24. The number of rotatable bonds is 3. The topological polar surface area (TPSA) is 24.9 Å². The Balaban J connectivity index is 1.85. The first-order valence-corrected chi connectivity index (χ1v) is 7.15. The lowest BCUT2D eigenvalue weighted by atomic mass is 9.93. The Bertz CT molecular complexity index is 516. The highest BCUT2D eigenvalue weighted by molar-refractivity contribution is 5.66. The lowest BCUT2D eigenvalue weighted by Crippen LogP contribution is -2.35. The Morgan fingerprint density at radius 1 is 1.11 bits per heavy atom. The zero-order valence-electron chi connectivity index (χ0n) is 11.2. The number of nitrogens with zero attached hydrogens (tertiary/aromatic N) is 1. The molecule has 0 bridgehead atoms. The number of benzene rings is 1. The third kappa shape index (κ3) is 3.02. The number of hydrogen-bond donors (Lipinski definition) is 1. The van der Waals surface area contributed by atoms with Crippen LogP contribution in [0.15, 0.2) is 48.8 Å². The van der Waals surface area contributed by atoms with Crippen LogP contribution in [0.4, 0.5) is 0 Å². The molecule has 2 heterocycles. The van der Waals surface area contributed by atoms with Crippen LogP contribution < -0.4 is 5.32 Å². The fraction of sp³-hybridized carbons (Fsp3) is 0.353. The van der Waals surface area contributed by atoms with Gasteiger partial charge in [0.05, 0.1) is 0 Å². The lowest BCUT2D eigenvalue weighted by molar-refractivity contribution is 0.399. The Morgan fingerprint density at radius 2 is 2.00 bits per heavy atom. The second kappa shape index (κ2) is 5.98. The molecule has 1 aromatic carbocycles. The van der Waals surface area contributed by atoms with Crippen LogP contribution in [-0.2, 0) is 6.42 Å². The first-order chi connectivity index (χ1) is 9.43. The summed E-state index contributed by atoms with van der Waals surface area (Å²) in [7, 11) is 0. The van der Waals surface area contributed by atoms with Crippen molar-refractivity contribution in [2.45, 2.75) is 31.7 Å². The first kappa shape index (κ1) is 12.4. The van der Waals surface area contributed by atoms with Gasteiger partial charge in [-0.2, -0.15) is 0 Å². The standard InChI is InChI=1S/C17H20N2/c1-2-6-14(7-3-1)17-13-18-11-9-15(17)12-16-8-4-5-10-19-16/h1-3,6-7,9,11,13,16,19H,4-5,8,10,12H2. The molecule has 1 atom stereocenters. The summed E-state index contributed by atoms with van der Waals surface area (Å²) in [5, 5.41) is 3.63. The van der Waals surface area contributed by atoms with Crippen molar-refractivity contribution in [2.24, 2.45) is 0 Å². The third-order valence-corrected chi connectivity index (χ3v) is 3.87. The molecular weight excluding hydrogens is 232 g/mol. The van der Waals surface area contributed by atoms with E-state index in [1.54, 1.807) is 0 Å². The zero-order valence-corrected chi connectivity index (χ0v) is 11.2. The van der Waals surface area contributed by atoms with Crippen LogP contribution >= 0.6 is 0 Å². The van der Waals surface area contributed by atoms with Gasteiger partial charge in [-0.25, -0.2) is 0 Å². The fourth-order valence-corrected chi connectivity index (χ4v) is 2.84. The quantitative estimate of drug-likeness (QED) is 0.905. The van der Waals surface area contributed by atoms with E-state index in [9.17, 15) is 0 Å². The van der Waals surface area contributed by atoms with Crippen molar-refractivity contribution in [2.75, 3.05) is 6.54 Å². The molecule has 0 amide bonds. The first-order valence-electron chi connectivity index (χ1n) is 7.15. The SMILES string of the molecule is c1ccc(-c2cnccc2CC2CCCCN2)cc1. The average Bonchev–Trinajstić information content (AvgIpc) is 2.50. The van der Waals surface area contributed by atoms with Gasteiger partial charge >= 0.3 is 0 Å². The maximum atomic E-state index is 4.29. The Hall–Kier alpha value is -1.67. The molecule has 1 saturated heterocycles. The van der Waals surface area contributed by atoms with Crippen molar-refractivity contribution in [3.05, 3.63) is 54.4 Å². The van der Waals surface area contributed by atoms with E-state index >= 15 is 0 Å². The molecule has 19 heavy (non-hydrogen) atoms. The van der Waals surface area contributed by atoms with Gasteiger partial charge in [-0.3, -0.25) is 4.98 Å². The Morgan fingerprint density at radius 3 is 2.79 bits per heavy atom. The van der Waals surface area contributed by atoms with Gasteiger partial charge in [-0.1, -0.05) is 36.8 Å². The minimum atomic E-state index is 0.624. The number of nitrogens with one attached hydrogen (secondary N) is 1. The van der Waals surface area contributed by atoms with Crippen LogP contribution in [-0.4, -0.2) is 17.6 Å². The Labute approximate surface area is 114 Å². The van der Waals surface area contributed by atoms with Crippen LogP contribution in [0.2, 0.25) is 0 Å². The van der Waals surface area contributed by atoms with E-state index in [0.29, 0.717) is 6.04 Å². The smallest absolute Gasteiger partial charge is 0.0349 e. The van der Waals surface area contributed by atoms with E-state index in [0.717, 1.165) is 13.0 Å². The van der Waals surface area contributed by atoms with E-state index in [1.165, 1.54) is 36.0 Å². The minimum Gasteiger partial charge on any atom is -0.314 e. The monoisotopic (exact) mass is 252 g/mol. The van der Waals surface area contributed by atoms with Crippen LogP contribution in [0, 0.1) is 0 Å². The summed E-state index contributed by atoms with van der Waals surface area (Å²) in [5.74, 6) is 0. The maximum Gasteiger partial charge on any atom is 0.0349 e. The molecule has 1 aliphatic rings. The van der Waals surface area contributed by atoms with E-state index in [1.807, 2.05) is 12.4 Å². The molecule has 1 fully saturated rings. The zero-order chi connectivity index (χ0) is 12.9. The number of pyridine rings is 1. The molecular formula is C17H20N2. The highest BCUT2D eigenvalue weighted by atomic mass is 14.9. The van der Waals surface area contributed by atoms with Gasteiger partial charge in [0.15, 0.2) is 0 Å². The summed E-state index contributed by atoms with van der Waals surface area (Å²) in [5.41, 5.74) is 3.94. The van der Waals surface area contributed by atoms with Crippen LogP contribution in [0.1, 0.15) is 24.8 Å². The molecule has 98 valence electrons. The molecule has 0 aliphatic carbocycles. The molecule has 3 rings (SSSR count). The average molecular weight is 252 g/mol. The van der Waals surface area contributed by atoms with Gasteiger partial charge in [-0.15, -0.1) is 0 Å². The van der Waals surface area contributed by atoms with Crippen molar-refractivity contribution < 1.29 is 0 Å². The van der Waals surface area contributed by atoms with Gasteiger partial charge < -0.3 is 5.32 Å². The molecule has 1 aliphatic heterocycles. The van der Waals surface area contributed by atoms with Crippen molar-refractivity contribution in [1.29, 1.82) is 0 Å². The third-order valence-electron chi connectivity index (χ3n) is 3.87. The van der Waals surface area contributed by atoms with E-state index < -0.39 is 0 Å². The summed E-state index contributed by atoms with van der Waals surface area (Å²) >= 11 is 0. The van der Waals surface area contributed by atoms with Crippen molar-refractivity contribution in [1.82, 2.24) is 10.3 Å². The number of aromatic nitrogens is 1. The second-order valence-corrected chi connectivity index (χ2v) is 5.25. The molecule has 0 spiro atoms.